The van der Waals surface area contributed by atoms with Crippen LogP contribution >= 0.6 is 0 Å². The van der Waals surface area contributed by atoms with Crippen molar-refractivity contribution in [1.82, 2.24) is 10.2 Å². The number of anilines is 1. The van der Waals surface area contributed by atoms with Crippen molar-refractivity contribution < 1.29 is 27.5 Å². The molecule has 0 radical (unpaired) electrons. The van der Waals surface area contributed by atoms with Crippen molar-refractivity contribution in [3.05, 3.63) is 54.1 Å². The van der Waals surface area contributed by atoms with E-state index < -0.39 is 16.1 Å². The van der Waals surface area contributed by atoms with Gasteiger partial charge in [0.2, 0.25) is 28.6 Å². The van der Waals surface area contributed by atoms with E-state index in [0.29, 0.717) is 49.5 Å². The van der Waals surface area contributed by atoms with Gasteiger partial charge < -0.3 is 19.7 Å². The van der Waals surface area contributed by atoms with Crippen molar-refractivity contribution in [2.75, 3.05) is 37.0 Å². The smallest absolute Gasteiger partial charge is 0.242 e. The number of amides is 2. The van der Waals surface area contributed by atoms with Crippen molar-refractivity contribution >= 4 is 27.5 Å². The first-order chi connectivity index (χ1) is 17.2. The van der Waals surface area contributed by atoms with Gasteiger partial charge in [-0.05, 0) is 43.9 Å². The molecule has 1 atom stereocenters. The molecule has 36 heavy (non-hydrogen) atoms. The summed E-state index contributed by atoms with van der Waals surface area (Å²) in [7, 11) is -3.59. The molecule has 9 nitrogen and oxygen atoms in total. The summed E-state index contributed by atoms with van der Waals surface area (Å²) < 4.78 is 37.0. The molecule has 0 saturated carbocycles. The summed E-state index contributed by atoms with van der Waals surface area (Å²) in [5.74, 6) is 0.687. The molecule has 0 bridgehead atoms. The number of hydrogen-bond acceptors (Lipinski definition) is 6. The number of sulfonamides is 1. The highest BCUT2D eigenvalue weighted by Gasteiger charge is 2.28. The predicted octanol–water partition coefficient (Wildman–Crippen LogP) is 2.95. The second kappa shape index (κ2) is 12.6. The third-order valence-electron chi connectivity index (χ3n) is 6.02. The van der Waals surface area contributed by atoms with E-state index in [0.717, 1.165) is 11.8 Å². The molecule has 1 N–H and O–H groups in total. The van der Waals surface area contributed by atoms with Gasteiger partial charge in [-0.2, -0.15) is 0 Å². The number of carbonyl (C=O) groups is 2. The molecule has 2 aromatic rings. The molecule has 1 aliphatic heterocycles. The Morgan fingerprint density at radius 2 is 1.75 bits per heavy atom. The fourth-order valence-corrected chi connectivity index (χ4v) is 5.19. The van der Waals surface area contributed by atoms with E-state index in [1.165, 1.54) is 4.31 Å². The number of hydrogen-bond donors (Lipinski definition) is 1. The zero-order valence-electron chi connectivity index (χ0n) is 21.1. The lowest BCUT2D eigenvalue weighted by molar-refractivity contribution is -0.140. The molecule has 2 aromatic carbocycles. The van der Waals surface area contributed by atoms with Gasteiger partial charge in [-0.15, -0.1) is 0 Å². The minimum Gasteiger partial charge on any atom is -0.454 e. The molecule has 3 rings (SSSR count). The zero-order chi connectivity index (χ0) is 26.1. The van der Waals surface area contributed by atoms with Crippen LogP contribution in [0.5, 0.6) is 11.5 Å². The largest absolute Gasteiger partial charge is 0.454 e. The minimum absolute atomic E-state index is 0.0924. The van der Waals surface area contributed by atoms with Crippen LogP contribution in [-0.4, -0.2) is 63.9 Å². The van der Waals surface area contributed by atoms with Crippen LogP contribution in [0.25, 0.3) is 0 Å². The van der Waals surface area contributed by atoms with Gasteiger partial charge in [0, 0.05) is 32.1 Å². The number of likely N-dealkylation sites (N-methyl/N-ethyl adjacent to an activating group) is 1. The maximum atomic E-state index is 13.3. The highest BCUT2D eigenvalue weighted by Crippen LogP contribution is 2.36. The molecule has 0 spiro atoms. The summed E-state index contributed by atoms with van der Waals surface area (Å²) in [6.45, 7) is 4.82. The number of benzene rings is 2. The van der Waals surface area contributed by atoms with Crippen molar-refractivity contribution in [1.29, 1.82) is 0 Å². The molecule has 196 valence electrons. The Labute approximate surface area is 213 Å². The number of ether oxygens (including phenoxy) is 2. The van der Waals surface area contributed by atoms with Crippen LogP contribution in [0.3, 0.4) is 0 Å². The van der Waals surface area contributed by atoms with Crippen molar-refractivity contribution in [2.24, 2.45) is 0 Å². The lowest BCUT2D eigenvalue weighted by Gasteiger charge is -2.31. The number of nitrogens with zero attached hydrogens (tertiary/aromatic N) is 2. The molecular weight excluding hydrogens is 482 g/mol. The van der Waals surface area contributed by atoms with Crippen LogP contribution in [0, 0.1) is 0 Å². The molecule has 0 aromatic heterocycles. The van der Waals surface area contributed by atoms with Crippen LogP contribution in [0.15, 0.2) is 48.5 Å². The van der Waals surface area contributed by atoms with Crippen molar-refractivity contribution in [3.63, 3.8) is 0 Å². The topological polar surface area (TPSA) is 105 Å². The Hall–Kier alpha value is -3.27. The van der Waals surface area contributed by atoms with Gasteiger partial charge in [-0.25, -0.2) is 8.42 Å². The monoisotopic (exact) mass is 517 g/mol. The lowest BCUT2D eigenvalue weighted by Crippen LogP contribution is -2.50. The number of rotatable bonds is 13. The van der Waals surface area contributed by atoms with E-state index in [9.17, 15) is 18.0 Å². The van der Waals surface area contributed by atoms with Gasteiger partial charge >= 0.3 is 0 Å². The number of carbonyl (C=O) groups excluding carboxylic acids is 2. The summed E-state index contributed by atoms with van der Waals surface area (Å²) in [6.07, 6.45) is 2.65. The fraction of sp³-hybridized carbons (Fsp3) is 0.462. The summed E-state index contributed by atoms with van der Waals surface area (Å²) in [5.41, 5.74) is 1.52. The Morgan fingerprint density at radius 3 is 2.42 bits per heavy atom. The van der Waals surface area contributed by atoms with Crippen LogP contribution < -0.4 is 19.1 Å². The standard InChI is InChI=1S/C26H35N3O6S/c1-4-22(26(31)27-5-2)28(17-15-20-10-7-6-8-11-20)25(30)12-9-16-29(36(3,32)33)21-13-14-23-24(18-21)35-19-34-23/h6-8,10-11,13-14,18,22H,4-5,9,12,15-17,19H2,1-3H3,(H,27,31)/t22-/m1/s1. The number of nitrogens with one attached hydrogen (secondary N) is 1. The normalized spacial score (nSPS) is 13.2. The Balaban J connectivity index is 1.70. The zero-order valence-corrected chi connectivity index (χ0v) is 21.9. The van der Waals surface area contributed by atoms with E-state index in [1.807, 2.05) is 44.2 Å². The molecule has 0 unspecified atom stereocenters. The Morgan fingerprint density at radius 1 is 1.03 bits per heavy atom. The fourth-order valence-electron chi connectivity index (χ4n) is 4.23. The lowest BCUT2D eigenvalue weighted by atomic mass is 10.1. The Bertz CT molecular complexity index is 1140. The first-order valence-electron chi connectivity index (χ1n) is 12.2. The molecule has 0 saturated heterocycles. The average Bonchev–Trinajstić information content (AvgIpc) is 3.32. The molecule has 1 aliphatic rings. The second-order valence-corrected chi connectivity index (χ2v) is 10.5. The highest BCUT2D eigenvalue weighted by atomic mass is 32.2. The quantitative estimate of drug-likeness (QED) is 0.438. The molecule has 0 fully saturated rings. The SMILES string of the molecule is CCNC(=O)[C@@H](CC)N(CCc1ccccc1)C(=O)CCCN(c1ccc2c(c1)OCO2)S(C)(=O)=O. The van der Waals surface area contributed by atoms with Gasteiger partial charge in [0.25, 0.3) is 0 Å². The van der Waals surface area contributed by atoms with Crippen molar-refractivity contribution in [2.45, 2.75) is 45.6 Å². The van der Waals surface area contributed by atoms with Crippen molar-refractivity contribution in [3.8, 4) is 11.5 Å². The maximum absolute atomic E-state index is 13.3. The third-order valence-corrected chi connectivity index (χ3v) is 7.21. The first-order valence-corrected chi connectivity index (χ1v) is 14.1. The molecule has 2 amide bonds. The molecule has 1 heterocycles. The summed E-state index contributed by atoms with van der Waals surface area (Å²) in [6, 6.07) is 14.2. The van der Waals surface area contributed by atoms with Gasteiger partial charge in [-0.1, -0.05) is 37.3 Å². The van der Waals surface area contributed by atoms with Gasteiger partial charge in [0.1, 0.15) is 6.04 Å². The minimum atomic E-state index is -3.59. The van der Waals surface area contributed by atoms with Crippen LogP contribution in [0.2, 0.25) is 0 Å². The van der Waals surface area contributed by atoms with Crippen LogP contribution in [0.4, 0.5) is 5.69 Å². The van der Waals surface area contributed by atoms with Gasteiger partial charge in [0.15, 0.2) is 11.5 Å². The predicted molar refractivity (Wildman–Crippen MR) is 139 cm³/mol. The molecular formula is C26H35N3O6S. The van der Waals surface area contributed by atoms with Gasteiger partial charge in [-0.3, -0.25) is 13.9 Å². The van der Waals surface area contributed by atoms with E-state index in [2.05, 4.69) is 5.32 Å². The Kier molecular flexibility index (Phi) is 9.58. The van der Waals surface area contributed by atoms with Crippen LogP contribution in [0.1, 0.15) is 38.7 Å². The average molecular weight is 518 g/mol. The highest BCUT2D eigenvalue weighted by molar-refractivity contribution is 7.92. The van der Waals surface area contributed by atoms with E-state index >= 15 is 0 Å². The summed E-state index contributed by atoms with van der Waals surface area (Å²) in [4.78, 5) is 27.7. The maximum Gasteiger partial charge on any atom is 0.242 e. The number of fused-ring (bicyclic) bond motifs is 1. The van der Waals surface area contributed by atoms with E-state index in [-0.39, 0.29) is 31.6 Å². The van der Waals surface area contributed by atoms with Gasteiger partial charge in [0.05, 0.1) is 11.9 Å². The summed E-state index contributed by atoms with van der Waals surface area (Å²) >= 11 is 0. The van der Waals surface area contributed by atoms with Crippen LogP contribution in [-0.2, 0) is 26.0 Å². The third kappa shape index (κ3) is 7.13. The second-order valence-electron chi connectivity index (χ2n) is 8.62. The summed E-state index contributed by atoms with van der Waals surface area (Å²) in [5, 5.41) is 2.82. The molecule has 10 heteroatoms. The van der Waals surface area contributed by atoms with E-state index in [1.54, 1.807) is 23.1 Å². The first kappa shape index (κ1) is 27.3. The van der Waals surface area contributed by atoms with E-state index in [4.69, 9.17) is 9.47 Å². The molecule has 0 aliphatic carbocycles.